The van der Waals surface area contributed by atoms with Crippen molar-refractivity contribution in [3.8, 4) is 0 Å². The molecule has 0 aliphatic rings. The average Bonchev–Trinajstić information content (AvgIpc) is 2.61. The molecule has 0 aliphatic heterocycles. The van der Waals surface area contributed by atoms with Gasteiger partial charge in [0, 0.05) is 13.0 Å². The van der Waals surface area contributed by atoms with E-state index in [2.05, 4.69) is 10.0 Å². The lowest BCUT2D eigenvalue weighted by molar-refractivity contribution is -0.121. The summed E-state index contributed by atoms with van der Waals surface area (Å²) in [6.07, 6.45) is 0.860. The molecule has 2 N–H and O–H groups in total. The highest BCUT2D eigenvalue weighted by Gasteiger charge is 2.15. The van der Waals surface area contributed by atoms with Gasteiger partial charge in [-0.15, -0.1) is 0 Å². The Morgan fingerprint density at radius 1 is 1.04 bits per heavy atom. The molecule has 0 spiro atoms. The van der Waals surface area contributed by atoms with Crippen LogP contribution in [0.15, 0.2) is 59.5 Å². The first kappa shape index (κ1) is 19.1. The molecule has 2 rings (SSSR count). The first-order valence-electron chi connectivity index (χ1n) is 8.33. The molecule has 0 saturated heterocycles. The van der Waals surface area contributed by atoms with Crippen molar-refractivity contribution in [2.75, 3.05) is 6.54 Å². The first-order valence-corrected chi connectivity index (χ1v) is 9.81. The molecule has 0 fully saturated rings. The second-order valence-electron chi connectivity index (χ2n) is 5.90. The number of aryl methyl sites for hydroxylation is 1. The van der Waals surface area contributed by atoms with Gasteiger partial charge in [0.15, 0.2) is 0 Å². The van der Waals surface area contributed by atoms with Crippen molar-refractivity contribution >= 4 is 15.9 Å². The number of hydrogen-bond acceptors (Lipinski definition) is 3. The predicted molar refractivity (Wildman–Crippen MR) is 98.6 cm³/mol. The minimum Gasteiger partial charge on any atom is -0.349 e. The molecule has 0 aromatic heterocycles. The standard InChI is InChI=1S/C19H24N2O3S/c1-3-18(16-11-9-15(2)10-12-16)21-19(22)13-14-20-25(23,24)17-7-5-4-6-8-17/h4-12,18,20H,3,13-14H2,1-2H3,(H,21,22). The van der Waals surface area contributed by atoms with Crippen LogP contribution in [0.1, 0.15) is 36.9 Å². The van der Waals surface area contributed by atoms with Crippen LogP contribution in [0.25, 0.3) is 0 Å². The Balaban J connectivity index is 1.86. The molecule has 0 heterocycles. The summed E-state index contributed by atoms with van der Waals surface area (Å²) in [5.74, 6) is -0.178. The molecule has 134 valence electrons. The average molecular weight is 360 g/mol. The Kier molecular flexibility index (Phi) is 6.73. The largest absolute Gasteiger partial charge is 0.349 e. The predicted octanol–water partition coefficient (Wildman–Crippen LogP) is 2.93. The normalized spacial score (nSPS) is 12.6. The molecule has 2 aromatic carbocycles. The highest BCUT2D eigenvalue weighted by Crippen LogP contribution is 2.17. The number of rotatable bonds is 8. The van der Waals surface area contributed by atoms with E-state index < -0.39 is 10.0 Å². The monoisotopic (exact) mass is 360 g/mol. The van der Waals surface area contributed by atoms with E-state index >= 15 is 0 Å². The van der Waals surface area contributed by atoms with Gasteiger partial charge >= 0.3 is 0 Å². The van der Waals surface area contributed by atoms with Gasteiger partial charge in [-0.2, -0.15) is 0 Å². The van der Waals surface area contributed by atoms with Crippen molar-refractivity contribution in [3.63, 3.8) is 0 Å². The highest BCUT2D eigenvalue weighted by molar-refractivity contribution is 7.89. The number of amides is 1. The molecular weight excluding hydrogens is 336 g/mol. The number of hydrogen-bond donors (Lipinski definition) is 2. The molecule has 0 saturated carbocycles. The molecular formula is C19H24N2O3S. The van der Waals surface area contributed by atoms with Gasteiger partial charge in [-0.05, 0) is 31.0 Å². The SMILES string of the molecule is CCC(NC(=O)CCNS(=O)(=O)c1ccccc1)c1ccc(C)cc1. The third-order valence-corrected chi connectivity index (χ3v) is 5.40. The van der Waals surface area contributed by atoms with E-state index in [0.29, 0.717) is 0 Å². The first-order chi connectivity index (χ1) is 11.9. The molecule has 1 unspecified atom stereocenters. The van der Waals surface area contributed by atoms with E-state index in [1.165, 1.54) is 17.7 Å². The third-order valence-electron chi connectivity index (χ3n) is 3.92. The maximum absolute atomic E-state index is 12.1. The van der Waals surface area contributed by atoms with Crippen LogP contribution in [0.2, 0.25) is 0 Å². The van der Waals surface area contributed by atoms with Crippen molar-refractivity contribution in [1.82, 2.24) is 10.0 Å². The number of carbonyl (C=O) groups excluding carboxylic acids is 1. The zero-order valence-electron chi connectivity index (χ0n) is 14.5. The third kappa shape index (κ3) is 5.69. The van der Waals surface area contributed by atoms with Crippen LogP contribution < -0.4 is 10.0 Å². The highest BCUT2D eigenvalue weighted by atomic mass is 32.2. The van der Waals surface area contributed by atoms with Gasteiger partial charge in [0.2, 0.25) is 15.9 Å². The zero-order chi connectivity index (χ0) is 18.3. The van der Waals surface area contributed by atoms with Gasteiger partial charge in [0.25, 0.3) is 0 Å². The Morgan fingerprint density at radius 2 is 1.68 bits per heavy atom. The summed E-state index contributed by atoms with van der Waals surface area (Å²) in [5, 5.41) is 2.95. The molecule has 0 bridgehead atoms. The maximum atomic E-state index is 12.1. The summed E-state index contributed by atoms with van der Waals surface area (Å²) in [5.41, 5.74) is 2.21. The fourth-order valence-corrected chi connectivity index (χ4v) is 3.52. The van der Waals surface area contributed by atoms with Crippen LogP contribution in [0, 0.1) is 6.92 Å². The molecule has 1 amide bonds. The summed E-state index contributed by atoms with van der Waals surface area (Å²) in [4.78, 5) is 12.3. The van der Waals surface area contributed by atoms with Crippen molar-refractivity contribution < 1.29 is 13.2 Å². The quantitative estimate of drug-likeness (QED) is 0.760. The topological polar surface area (TPSA) is 75.3 Å². The van der Waals surface area contributed by atoms with Crippen LogP contribution in [0.3, 0.4) is 0 Å². The summed E-state index contributed by atoms with van der Waals surface area (Å²) < 4.78 is 26.7. The maximum Gasteiger partial charge on any atom is 0.240 e. The molecule has 25 heavy (non-hydrogen) atoms. The Morgan fingerprint density at radius 3 is 2.28 bits per heavy atom. The molecule has 6 heteroatoms. The number of benzene rings is 2. The van der Waals surface area contributed by atoms with Crippen molar-refractivity contribution in [2.24, 2.45) is 0 Å². The number of sulfonamides is 1. The number of carbonyl (C=O) groups is 1. The van der Waals surface area contributed by atoms with Crippen LogP contribution >= 0.6 is 0 Å². The second kappa shape index (κ2) is 8.78. The van der Waals surface area contributed by atoms with Crippen LogP contribution in [0.4, 0.5) is 0 Å². The smallest absolute Gasteiger partial charge is 0.240 e. The fraction of sp³-hybridized carbons (Fsp3) is 0.316. The van der Waals surface area contributed by atoms with Gasteiger partial charge in [0.1, 0.15) is 0 Å². The summed E-state index contributed by atoms with van der Waals surface area (Å²) in [6, 6.07) is 16.1. The summed E-state index contributed by atoms with van der Waals surface area (Å²) in [7, 11) is -3.58. The fourth-order valence-electron chi connectivity index (χ4n) is 2.47. The minimum atomic E-state index is -3.58. The van der Waals surface area contributed by atoms with Crippen LogP contribution in [0.5, 0.6) is 0 Å². The Bertz CT molecular complexity index is 787. The molecule has 1 atom stereocenters. The number of nitrogens with one attached hydrogen (secondary N) is 2. The lowest BCUT2D eigenvalue weighted by Gasteiger charge is -2.18. The molecule has 2 aromatic rings. The van der Waals surface area contributed by atoms with Crippen LogP contribution in [-0.2, 0) is 14.8 Å². The molecule has 5 nitrogen and oxygen atoms in total. The minimum absolute atomic E-state index is 0.0629. The lowest BCUT2D eigenvalue weighted by Crippen LogP contribution is -2.32. The molecule has 0 radical (unpaired) electrons. The summed E-state index contributed by atoms with van der Waals surface area (Å²) in [6.45, 7) is 4.08. The van der Waals surface area contributed by atoms with Gasteiger partial charge in [-0.25, -0.2) is 13.1 Å². The van der Waals surface area contributed by atoms with E-state index in [0.717, 1.165) is 12.0 Å². The van der Waals surface area contributed by atoms with E-state index in [-0.39, 0.29) is 29.8 Å². The lowest BCUT2D eigenvalue weighted by atomic mass is 10.0. The van der Waals surface area contributed by atoms with Crippen molar-refractivity contribution in [1.29, 1.82) is 0 Å². The van der Waals surface area contributed by atoms with Gasteiger partial charge in [0.05, 0.1) is 10.9 Å². The van der Waals surface area contributed by atoms with Crippen molar-refractivity contribution in [3.05, 3.63) is 65.7 Å². The van der Waals surface area contributed by atoms with E-state index in [4.69, 9.17) is 0 Å². The zero-order valence-corrected chi connectivity index (χ0v) is 15.3. The summed E-state index contributed by atoms with van der Waals surface area (Å²) >= 11 is 0. The van der Waals surface area contributed by atoms with Gasteiger partial charge < -0.3 is 5.32 Å². The second-order valence-corrected chi connectivity index (χ2v) is 7.67. The van der Waals surface area contributed by atoms with E-state index in [1.54, 1.807) is 18.2 Å². The van der Waals surface area contributed by atoms with E-state index in [1.807, 2.05) is 38.1 Å². The van der Waals surface area contributed by atoms with Crippen LogP contribution in [-0.4, -0.2) is 20.9 Å². The van der Waals surface area contributed by atoms with Crippen molar-refractivity contribution in [2.45, 2.75) is 37.6 Å². The Labute approximate surface area is 149 Å². The van der Waals surface area contributed by atoms with E-state index in [9.17, 15) is 13.2 Å². The van der Waals surface area contributed by atoms with Gasteiger partial charge in [-0.3, -0.25) is 4.79 Å². The molecule has 0 aliphatic carbocycles. The Hall–Kier alpha value is -2.18. The van der Waals surface area contributed by atoms with Gasteiger partial charge in [-0.1, -0.05) is 55.0 Å².